The number of primary amides is 1. The number of hydrogen-bond acceptors (Lipinski definition) is 26. The summed E-state index contributed by atoms with van der Waals surface area (Å²) in [5.74, 6) is 1.62. The topological polar surface area (TPSA) is 425 Å². The van der Waals surface area contributed by atoms with Gasteiger partial charge in [-0.2, -0.15) is 19.3 Å². The molecule has 0 saturated carbocycles. The van der Waals surface area contributed by atoms with Crippen molar-refractivity contribution in [2.45, 2.75) is 167 Å². The summed E-state index contributed by atoms with van der Waals surface area (Å²) in [5, 5.41) is 42.1. The van der Waals surface area contributed by atoms with Crippen molar-refractivity contribution in [3.05, 3.63) is 64.3 Å². The van der Waals surface area contributed by atoms with Crippen LogP contribution >= 0.6 is 34.7 Å². The number of ether oxygens (including phenoxy) is 1. The van der Waals surface area contributed by atoms with Gasteiger partial charge in [0, 0.05) is 145 Å². The van der Waals surface area contributed by atoms with Crippen LogP contribution in [0, 0.1) is 36.5 Å². The van der Waals surface area contributed by atoms with E-state index in [1.165, 1.54) is 41.9 Å². The van der Waals surface area contributed by atoms with Gasteiger partial charge in [0.2, 0.25) is 0 Å². The first-order valence-electron chi connectivity index (χ1n) is 36.3. The highest BCUT2D eigenvalue weighted by atomic mass is 35.5. The van der Waals surface area contributed by atoms with Gasteiger partial charge >= 0.3 is 30.2 Å². The molecular weight excluding hydrogens is 1430 g/mol. The van der Waals surface area contributed by atoms with Gasteiger partial charge in [-0.1, -0.05) is 24.4 Å². The summed E-state index contributed by atoms with van der Waals surface area (Å²) in [5.41, 5.74) is 13.0. The molecule has 10 heterocycles. The minimum atomic E-state index is -0.662. The maximum atomic E-state index is 12.4. The molecule has 37 heteroatoms. The number of urea groups is 4. The van der Waals surface area contributed by atoms with Crippen LogP contribution in [-0.4, -0.2) is 272 Å². The number of anilines is 7. The first-order valence-corrected chi connectivity index (χ1v) is 38.2. The smallest absolute Gasteiger partial charge is 0.407 e. The molecule has 0 aliphatic carbocycles. The van der Waals surface area contributed by atoms with E-state index in [9.17, 15) is 34.0 Å². The summed E-state index contributed by atoms with van der Waals surface area (Å²) in [7, 11) is 14.1. The number of nitriles is 2. The van der Waals surface area contributed by atoms with E-state index in [1.807, 2.05) is 72.4 Å². The molecule has 5 aromatic rings. The second-order valence-electron chi connectivity index (χ2n) is 28.6. The second kappa shape index (κ2) is 43.3. The van der Waals surface area contributed by atoms with Crippen LogP contribution in [0.1, 0.15) is 150 Å². The van der Waals surface area contributed by atoms with Crippen molar-refractivity contribution in [3.63, 3.8) is 0 Å². The Labute approximate surface area is 642 Å². The third-order valence-corrected chi connectivity index (χ3v) is 19.0. The van der Waals surface area contributed by atoms with Crippen LogP contribution in [0.3, 0.4) is 0 Å². The number of aromatic nitrogens is 8. The number of nitrogens with two attached hydrogens (primary N) is 2. The number of nitrogens with zero attached hydrogens (tertiary/aromatic N) is 18. The van der Waals surface area contributed by atoms with Crippen molar-refractivity contribution in [1.29, 1.82) is 10.5 Å². The first-order chi connectivity index (χ1) is 50.9. The molecule has 5 aromatic heterocycles. The van der Waals surface area contributed by atoms with E-state index in [1.54, 1.807) is 82.2 Å². The lowest BCUT2D eigenvalue weighted by Gasteiger charge is -2.28. The fraction of sp³-hybridized carbons (Fsp3) is 0.629. The van der Waals surface area contributed by atoms with Gasteiger partial charge in [0.25, 0.3) is 5.91 Å². The number of halogens is 1. The van der Waals surface area contributed by atoms with E-state index in [2.05, 4.69) is 81.9 Å². The second-order valence-corrected chi connectivity index (χ2v) is 30.6. The molecule has 5 fully saturated rings. The summed E-state index contributed by atoms with van der Waals surface area (Å²) in [4.78, 5) is 111. The van der Waals surface area contributed by atoms with Crippen LogP contribution in [0.5, 0.6) is 0 Å². The number of amides is 10. The van der Waals surface area contributed by atoms with Crippen molar-refractivity contribution in [3.8, 4) is 12.1 Å². The Bertz CT molecular complexity index is 3760. The number of nitrogens with one attached hydrogen (secondary N) is 7. The number of hydrogen-bond donors (Lipinski definition) is 9. The first kappa shape index (κ1) is 86.4. The van der Waals surface area contributed by atoms with Crippen molar-refractivity contribution in [1.82, 2.24) is 88.5 Å². The maximum absolute atomic E-state index is 12.4. The van der Waals surface area contributed by atoms with Crippen LogP contribution in [-0.2, 0) is 4.74 Å². The zero-order chi connectivity index (χ0) is 78.3. The molecule has 0 unspecified atom stereocenters. The molecule has 0 aromatic carbocycles. The SMILES string of the molecule is CC(C)(C)OC(=O)N[C@@H]1CCCCNC1.CN(C)C(=O)N1CCCC[C@@H](N)C1.CN(C)C(=O)N1CCCC[C@@H](Nc2cnc(C#N)c(Cl)n2)C1.Cc1cc(Nc2nc(N[C@@H]3CCCCN(C(=O)N(C)C)C3)cnc2C#N)sn1.Cc1cc(Nc2nc(N[C@@H]3CCCCN(C(=O)N(C)C)C3)cnc2C(N)=O)sn1. The molecule has 11 N–H and O–H groups in total. The lowest BCUT2D eigenvalue weighted by Crippen LogP contribution is -2.44. The number of alkyl carbamates (subject to hydrolysis) is 1. The summed E-state index contributed by atoms with van der Waals surface area (Å²) in [6.07, 6.45) is 19.7. The fourth-order valence-electron chi connectivity index (χ4n) is 12.0. The fourth-order valence-corrected chi connectivity index (χ4v) is 13.5. The van der Waals surface area contributed by atoms with Crippen LogP contribution in [0.2, 0.25) is 5.15 Å². The average Bonchev–Trinajstić information content (AvgIpc) is 1.79. The van der Waals surface area contributed by atoms with Gasteiger partial charge in [0.05, 0.1) is 30.0 Å². The van der Waals surface area contributed by atoms with Crippen LogP contribution < -0.4 is 48.7 Å². The molecule has 5 atom stereocenters. The minimum Gasteiger partial charge on any atom is -0.444 e. The van der Waals surface area contributed by atoms with E-state index < -0.39 is 11.5 Å². The monoisotopic (exact) mass is 1540 g/mol. The molecule has 5 saturated heterocycles. The van der Waals surface area contributed by atoms with Crippen molar-refractivity contribution in [2.75, 3.05) is 148 Å². The number of carbonyl (C=O) groups excluding carboxylic acids is 6. The molecule has 0 radical (unpaired) electrons. The normalized spacial score (nSPS) is 18.8. The molecular formula is C70H110ClN27O7S2. The minimum absolute atomic E-state index is 0.00298. The van der Waals surface area contributed by atoms with Gasteiger partial charge in [-0.25, -0.2) is 53.9 Å². The lowest BCUT2D eigenvalue weighted by atomic mass is 10.1. The quantitative estimate of drug-likeness (QED) is 0.0562. The van der Waals surface area contributed by atoms with E-state index in [0.717, 1.165) is 151 Å². The molecule has 10 amide bonds. The maximum Gasteiger partial charge on any atom is 0.407 e. The number of likely N-dealkylation sites (tertiary alicyclic amines) is 4. The summed E-state index contributed by atoms with van der Waals surface area (Å²) >= 11 is 8.46. The molecule has 586 valence electrons. The molecule has 0 bridgehead atoms. The Morgan fingerprint density at radius 3 is 1.36 bits per heavy atom. The van der Waals surface area contributed by atoms with Crippen LogP contribution in [0.15, 0.2) is 30.7 Å². The molecule has 10 rings (SSSR count). The van der Waals surface area contributed by atoms with E-state index in [-0.39, 0.29) is 88.5 Å². The van der Waals surface area contributed by atoms with E-state index >= 15 is 0 Å². The van der Waals surface area contributed by atoms with Gasteiger partial charge in [-0.05, 0) is 160 Å². The third kappa shape index (κ3) is 30.0. The van der Waals surface area contributed by atoms with E-state index in [4.69, 9.17) is 33.1 Å². The summed E-state index contributed by atoms with van der Waals surface area (Å²) in [6.45, 7) is 16.9. The molecule has 0 spiro atoms. The van der Waals surface area contributed by atoms with Gasteiger partial charge in [-0.3, -0.25) is 4.79 Å². The lowest BCUT2D eigenvalue weighted by molar-refractivity contribution is 0.0502. The molecule has 5 aliphatic rings. The average molecular weight is 1540 g/mol. The zero-order valence-corrected chi connectivity index (χ0v) is 66.6. The van der Waals surface area contributed by atoms with Gasteiger partial charge in [-0.15, -0.1) is 0 Å². The molecule has 107 heavy (non-hydrogen) atoms. The summed E-state index contributed by atoms with van der Waals surface area (Å²) < 4.78 is 13.6. The van der Waals surface area contributed by atoms with Gasteiger partial charge in [0.1, 0.15) is 45.2 Å². The van der Waals surface area contributed by atoms with Gasteiger partial charge < -0.3 is 92.6 Å². The van der Waals surface area contributed by atoms with Crippen molar-refractivity contribution < 1.29 is 33.5 Å². The number of aryl methyl sites for hydroxylation is 2. The Kier molecular flexibility index (Phi) is 35.0. The van der Waals surface area contributed by atoms with Crippen molar-refractivity contribution in [2.24, 2.45) is 11.5 Å². The Morgan fingerprint density at radius 1 is 0.561 bits per heavy atom. The summed E-state index contributed by atoms with van der Waals surface area (Å²) in [6, 6.07) is 8.36. The number of carbonyl (C=O) groups is 6. The highest BCUT2D eigenvalue weighted by Crippen LogP contribution is 2.27. The largest absolute Gasteiger partial charge is 0.444 e. The van der Waals surface area contributed by atoms with E-state index in [0.29, 0.717) is 49.5 Å². The number of rotatable bonds is 12. The van der Waals surface area contributed by atoms with Crippen LogP contribution in [0.25, 0.3) is 0 Å². The standard InChI is InChI=1S/C18H26N8O2S.C18H24N8OS.C14H19ClN6O.C11H22N2O2.C9H19N3O/c1-11-8-14(29-24-11)23-17-15(16(19)27)20-9-13(22-17)21-12-6-4-5-7-26(10-12)18(28)25(2)3;1-12-8-16(28-24-12)23-17-14(9-19)20-10-15(22-17)21-13-6-4-5-7-26(11-13)18(27)25(2)3;1-20(2)14(22)21-6-4-3-5-10(9-21)18-12-8-17-11(7-16)13(15)19-12;1-11(2,3)15-10(14)13-9-6-4-5-7-12-8-9;1-11(2)9(13)12-6-4-3-5-8(10)7-12/h8-9,12H,4-7,10H2,1-3H3,(H2,19,27)(H2,21,22,23);8,10,13H,4-7,11H2,1-3H3,(H2,21,22,23);8,10H,3-6,9H2,1-2H3,(H,18,19);9,12H,4-8H2,1-3H3,(H,13,14);8H,3-7,10H2,1-2H3/t12-;13-;10-;9-;8-/m11111/s1. The Balaban J connectivity index is 0.000000216. The Hall–Kier alpha value is -9.49. The highest BCUT2D eigenvalue weighted by molar-refractivity contribution is 7.10. The third-order valence-electron chi connectivity index (χ3n) is 17.1. The van der Waals surface area contributed by atoms with Crippen molar-refractivity contribution >= 4 is 110 Å². The molecule has 5 aliphatic heterocycles. The predicted octanol–water partition coefficient (Wildman–Crippen LogP) is 8.92. The highest BCUT2D eigenvalue weighted by Gasteiger charge is 2.29. The Morgan fingerprint density at radius 2 is 0.953 bits per heavy atom. The van der Waals surface area contributed by atoms with Gasteiger partial charge in [0.15, 0.2) is 33.9 Å². The zero-order valence-electron chi connectivity index (χ0n) is 64.2. The van der Waals surface area contributed by atoms with Crippen LogP contribution in [0.4, 0.5) is 63.1 Å². The molecule has 34 nitrogen and oxygen atoms in total. The predicted molar refractivity (Wildman–Crippen MR) is 417 cm³/mol.